The summed E-state index contributed by atoms with van der Waals surface area (Å²) in [6.45, 7) is 6.61. The van der Waals surface area contributed by atoms with E-state index in [9.17, 15) is 0 Å². The van der Waals surface area contributed by atoms with Crippen molar-refractivity contribution in [2.75, 3.05) is 0 Å². The van der Waals surface area contributed by atoms with Gasteiger partial charge in [-0.2, -0.15) is 0 Å². The van der Waals surface area contributed by atoms with Gasteiger partial charge in [-0.15, -0.1) is 11.6 Å². The first-order valence-electron chi connectivity index (χ1n) is 7.31. The zero-order chi connectivity index (χ0) is 12.9. The molecule has 2 aliphatic rings. The molecule has 3 rings (SSSR count). The lowest BCUT2D eigenvalue weighted by Crippen LogP contribution is -2.02. The molecule has 0 spiro atoms. The van der Waals surface area contributed by atoms with E-state index in [1.54, 1.807) is 0 Å². The van der Waals surface area contributed by atoms with Crippen LogP contribution in [0.1, 0.15) is 53.3 Å². The minimum atomic E-state index is 0.249. The topological polar surface area (TPSA) is 0 Å². The van der Waals surface area contributed by atoms with E-state index >= 15 is 0 Å². The lowest BCUT2D eigenvalue weighted by molar-refractivity contribution is 0.480. The fourth-order valence-electron chi connectivity index (χ4n) is 4.30. The smallest absolute Gasteiger partial charge is 0.0624 e. The minimum Gasteiger partial charge on any atom is -0.117 e. The Morgan fingerprint density at radius 2 is 1.50 bits per heavy atom. The molecule has 0 amide bonds. The molecule has 0 bridgehead atoms. The first-order chi connectivity index (χ1) is 8.59. The van der Waals surface area contributed by atoms with Crippen LogP contribution in [0.3, 0.4) is 0 Å². The largest absolute Gasteiger partial charge is 0.117 e. The van der Waals surface area contributed by atoms with Gasteiger partial charge in [-0.3, -0.25) is 0 Å². The van der Waals surface area contributed by atoms with E-state index in [4.69, 9.17) is 11.6 Å². The van der Waals surface area contributed by atoms with Crippen LogP contribution in [0.4, 0.5) is 0 Å². The minimum absolute atomic E-state index is 0.249. The molecule has 0 aromatic heterocycles. The molecule has 98 valence electrons. The van der Waals surface area contributed by atoms with Crippen LogP contribution in [0.5, 0.6) is 0 Å². The normalized spacial score (nSPS) is 31.9. The van der Waals surface area contributed by atoms with E-state index in [0.29, 0.717) is 0 Å². The number of halogens is 1. The zero-order valence-electron chi connectivity index (χ0n) is 11.7. The van der Waals surface area contributed by atoms with Gasteiger partial charge >= 0.3 is 0 Å². The van der Waals surface area contributed by atoms with Gasteiger partial charge in [-0.1, -0.05) is 30.5 Å². The van der Waals surface area contributed by atoms with E-state index < -0.39 is 0 Å². The number of benzene rings is 1. The number of alkyl halides is 1. The molecule has 0 nitrogen and oxygen atoms in total. The van der Waals surface area contributed by atoms with E-state index in [0.717, 1.165) is 17.8 Å². The average molecular weight is 263 g/mol. The highest BCUT2D eigenvalue weighted by molar-refractivity contribution is 6.21. The first kappa shape index (κ1) is 12.5. The fourth-order valence-corrected chi connectivity index (χ4v) is 5.02. The van der Waals surface area contributed by atoms with Gasteiger partial charge < -0.3 is 0 Å². The van der Waals surface area contributed by atoms with Crippen molar-refractivity contribution >= 4 is 11.6 Å². The highest BCUT2D eigenvalue weighted by Crippen LogP contribution is 2.62. The first-order valence-corrected chi connectivity index (χ1v) is 7.75. The summed E-state index contributed by atoms with van der Waals surface area (Å²) in [5.41, 5.74) is 5.54. The average Bonchev–Trinajstić information content (AvgIpc) is 3.01. The van der Waals surface area contributed by atoms with E-state index in [1.807, 2.05) is 0 Å². The Kier molecular flexibility index (Phi) is 3.18. The molecule has 2 saturated carbocycles. The molecule has 1 heteroatoms. The second-order valence-electron chi connectivity index (χ2n) is 6.40. The van der Waals surface area contributed by atoms with Crippen LogP contribution in [-0.2, 0) is 0 Å². The maximum Gasteiger partial charge on any atom is 0.0624 e. The van der Waals surface area contributed by atoms with Crippen molar-refractivity contribution in [1.29, 1.82) is 0 Å². The summed E-state index contributed by atoms with van der Waals surface area (Å²) >= 11 is 6.84. The van der Waals surface area contributed by atoms with Crippen molar-refractivity contribution in [3.63, 3.8) is 0 Å². The Bertz CT molecular complexity index is 428. The predicted molar refractivity (Wildman–Crippen MR) is 78.2 cm³/mol. The molecule has 1 aromatic carbocycles. The molecule has 0 N–H and O–H groups in total. The quantitative estimate of drug-likeness (QED) is 0.632. The van der Waals surface area contributed by atoms with Crippen LogP contribution in [0.15, 0.2) is 12.1 Å². The van der Waals surface area contributed by atoms with Crippen LogP contribution in [0.2, 0.25) is 0 Å². The number of hydrogen-bond donors (Lipinski definition) is 0. The molecule has 2 aliphatic carbocycles. The third-order valence-corrected chi connectivity index (χ3v) is 5.58. The van der Waals surface area contributed by atoms with Gasteiger partial charge in [0.05, 0.1) is 5.38 Å². The van der Waals surface area contributed by atoms with Crippen LogP contribution < -0.4 is 0 Å². The summed E-state index contributed by atoms with van der Waals surface area (Å²) in [4.78, 5) is 0. The molecule has 2 fully saturated rings. The molecule has 3 atom stereocenters. The number of fused-ring (bicyclic) bond motifs is 1. The van der Waals surface area contributed by atoms with Crippen molar-refractivity contribution in [3.05, 3.63) is 34.4 Å². The van der Waals surface area contributed by atoms with Gasteiger partial charge in [-0.05, 0) is 68.1 Å². The molecule has 0 radical (unpaired) electrons. The molecular weight excluding hydrogens is 240 g/mol. The van der Waals surface area contributed by atoms with E-state index in [-0.39, 0.29) is 5.38 Å². The maximum absolute atomic E-state index is 6.84. The second-order valence-corrected chi connectivity index (χ2v) is 6.87. The fraction of sp³-hybridized carbons (Fsp3) is 0.647. The number of rotatable bonds is 2. The Morgan fingerprint density at radius 1 is 1.00 bits per heavy atom. The second kappa shape index (κ2) is 4.56. The summed E-state index contributed by atoms with van der Waals surface area (Å²) < 4.78 is 0. The Labute approximate surface area is 116 Å². The van der Waals surface area contributed by atoms with Crippen molar-refractivity contribution < 1.29 is 0 Å². The SMILES string of the molecule is Cc1cc(C)c(C(Cl)C2C3CCCCC32)c(C)c1. The highest BCUT2D eigenvalue weighted by Gasteiger charge is 2.54. The molecular formula is C17H23Cl. The van der Waals surface area contributed by atoms with Gasteiger partial charge in [0, 0.05) is 0 Å². The highest BCUT2D eigenvalue weighted by atomic mass is 35.5. The maximum atomic E-state index is 6.84. The summed E-state index contributed by atoms with van der Waals surface area (Å²) in [6.07, 6.45) is 5.69. The van der Waals surface area contributed by atoms with Crippen molar-refractivity contribution in [1.82, 2.24) is 0 Å². The van der Waals surface area contributed by atoms with Crippen LogP contribution in [0.25, 0.3) is 0 Å². The summed E-state index contributed by atoms with van der Waals surface area (Å²) in [7, 11) is 0. The van der Waals surface area contributed by atoms with Crippen molar-refractivity contribution in [2.45, 2.75) is 51.8 Å². The Hall–Kier alpha value is -0.490. The lowest BCUT2D eigenvalue weighted by Gasteiger charge is -2.17. The Balaban J connectivity index is 1.87. The van der Waals surface area contributed by atoms with Crippen molar-refractivity contribution in [2.24, 2.45) is 17.8 Å². The molecule has 18 heavy (non-hydrogen) atoms. The lowest BCUT2D eigenvalue weighted by atomic mass is 9.94. The van der Waals surface area contributed by atoms with Gasteiger partial charge in [0.2, 0.25) is 0 Å². The number of hydrogen-bond acceptors (Lipinski definition) is 0. The monoisotopic (exact) mass is 262 g/mol. The molecule has 3 unspecified atom stereocenters. The van der Waals surface area contributed by atoms with E-state index in [1.165, 1.54) is 47.9 Å². The standard InChI is InChI=1S/C17H23Cl/c1-10-8-11(2)15(12(3)9-10)17(18)16-13-6-4-5-7-14(13)16/h8-9,13-14,16-17H,4-7H2,1-3H3. The van der Waals surface area contributed by atoms with Crippen molar-refractivity contribution in [3.8, 4) is 0 Å². The zero-order valence-corrected chi connectivity index (χ0v) is 12.4. The van der Waals surface area contributed by atoms with Gasteiger partial charge in [0.25, 0.3) is 0 Å². The Morgan fingerprint density at radius 3 is 2.00 bits per heavy atom. The van der Waals surface area contributed by atoms with Gasteiger partial charge in [-0.25, -0.2) is 0 Å². The number of aryl methyl sites for hydroxylation is 3. The van der Waals surface area contributed by atoms with Gasteiger partial charge in [0.1, 0.15) is 0 Å². The van der Waals surface area contributed by atoms with Gasteiger partial charge in [0.15, 0.2) is 0 Å². The molecule has 0 saturated heterocycles. The van der Waals surface area contributed by atoms with Crippen LogP contribution in [0, 0.1) is 38.5 Å². The third kappa shape index (κ3) is 1.99. The molecule has 0 aliphatic heterocycles. The predicted octanol–water partition coefficient (Wildman–Crippen LogP) is 5.33. The molecule has 1 aromatic rings. The summed E-state index contributed by atoms with van der Waals surface area (Å²) in [5, 5.41) is 0.249. The van der Waals surface area contributed by atoms with Crippen LogP contribution >= 0.6 is 11.6 Å². The third-order valence-electron chi connectivity index (χ3n) is 5.07. The summed E-state index contributed by atoms with van der Waals surface area (Å²) in [6, 6.07) is 4.56. The van der Waals surface area contributed by atoms with E-state index in [2.05, 4.69) is 32.9 Å². The summed E-state index contributed by atoms with van der Waals surface area (Å²) in [5.74, 6) is 2.62. The molecule has 0 heterocycles. The van der Waals surface area contributed by atoms with Crippen LogP contribution in [-0.4, -0.2) is 0 Å².